The second-order valence-electron chi connectivity index (χ2n) is 6.41. The third-order valence-electron chi connectivity index (χ3n) is 4.42. The highest BCUT2D eigenvalue weighted by Gasteiger charge is 2.13. The molecule has 0 atom stereocenters. The van der Waals surface area contributed by atoms with Crippen LogP contribution < -0.4 is 10.6 Å². The lowest BCUT2D eigenvalue weighted by Crippen LogP contribution is -2.11. The van der Waals surface area contributed by atoms with Gasteiger partial charge in [-0.2, -0.15) is 0 Å². The largest absolute Gasteiger partial charge is 0.324 e. The van der Waals surface area contributed by atoms with Crippen LogP contribution in [0.3, 0.4) is 0 Å². The monoisotopic (exact) mass is 488 g/mol. The minimum Gasteiger partial charge on any atom is -0.324 e. The smallest absolute Gasteiger partial charge is 0.255 e. The predicted octanol–water partition coefficient (Wildman–Crippen LogP) is 6.64. The van der Waals surface area contributed by atoms with Crippen molar-refractivity contribution in [3.8, 4) is 0 Å². The van der Waals surface area contributed by atoms with Crippen LogP contribution in [-0.4, -0.2) is 15.5 Å². The third-order valence-corrected chi connectivity index (χ3v) is 5.51. The van der Waals surface area contributed by atoms with E-state index in [-0.39, 0.29) is 5.91 Å². The Morgan fingerprint density at radius 1 is 1.03 bits per heavy atom. The first-order chi connectivity index (χ1) is 13.9. The lowest BCUT2D eigenvalue weighted by molar-refractivity contribution is 0.102. The van der Waals surface area contributed by atoms with Gasteiger partial charge in [0, 0.05) is 27.8 Å². The molecule has 0 radical (unpaired) electrons. The number of rotatable bonds is 4. The minimum absolute atomic E-state index is 0.202. The molecule has 0 aliphatic heterocycles. The van der Waals surface area contributed by atoms with Gasteiger partial charge in [-0.25, -0.2) is 4.98 Å². The van der Waals surface area contributed by atoms with Crippen molar-refractivity contribution in [2.45, 2.75) is 0 Å². The molecule has 2 N–H and O–H groups in total. The molecule has 1 amide bonds. The van der Waals surface area contributed by atoms with Crippen molar-refractivity contribution in [3.63, 3.8) is 0 Å². The summed E-state index contributed by atoms with van der Waals surface area (Å²) in [4.78, 5) is 17.2. The number of hydrogen-bond acceptors (Lipinski definition) is 3. The molecule has 0 aliphatic carbocycles. The summed E-state index contributed by atoms with van der Waals surface area (Å²) in [6, 6.07) is 18.0. The highest BCUT2D eigenvalue weighted by Crippen LogP contribution is 2.29. The first-order valence-corrected chi connectivity index (χ1v) is 10.2. The Hall–Kier alpha value is -2.54. The van der Waals surface area contributed by atoms with E-state index in [2.05, 4.69) is 31.5 Å². The summed E-state index contributed by atoms with van der Waals surface area (Å²) in [5.41, 5.74) is 3.47. The van der Waals surface area contributed by atoms with E-state index in [4.69, 9.17) is 23.2 Å². The Kier molecular flexibility index (Phi) is 5.50. The van der Waals surface area contributed by atoms with Gasteiger partial charge in [-0.1, -0.05) is 39.1 Å². The van der Waals surface area contributed by atoms with Crippen molar-refractivity contribution in [2.24, 2.45) is 7.05 Å². The van der Waals surface area contributed by atoms with Crippen molar-refractivity contribution in [1.82, 2.24) is 9.55 Å². The Morgan fingerprint density at radius 3 is 2.55 bits per heavy atom. The summed E-state index contributed by atoms with van der Waals surface area (Å²) >= 11 is 15.7. The molecule has 1 aromatic heterocycles. The van der Waals surface area contributed by atoms with Gasteiger partial charge in [0.2, 0.25) is 5.95 Å². The van der Waals surface area contributed by atoms with Gasteiger partial charge in [0.25, 0.3) is 5.91 Å². The van der Waals surface area contributed by atoms with Crippen molar-refractivity contribution in [2.75, 3.05) is 10.6 Å². The first-order valence-electron chi connectivity index (χ1n) is 8.66. The lowest BCUT2D eigenvalue weighted by Gasteiger charge is -2.08. The predicted molar refractivity (Wildman–Crippen MR) is 123 cm³/mol. The van der Waals surface area contributed by atoms with Gasteiger partial charge in [-0.3, -0.25) is 4.79 Å². The number of nitrogens with zero attached hydrogens (tertiary/aromatic N) is 2. The standard InChI is InChI=1S/C21H15BrCl2N4O/c1-28-19-9-2-12(20(29)25-15-6-3-13(22)4-7-15)10-18(19)27-21(28)26-17-11-14(23)5-8-16(17)24/h2-11H,1H3,(H,25,29)(H,26,27). The Bertz CT molecular complexity index is 1220. The van der Waals surface area contributed by atoms with Crippen LogP contribution in [0.25, 0.3) is 11.0 Å². The van der Waals surface area contributed by atoms with Crippen LogP contribution in [0.2, 0.25) is 10.0 Å². The van der Waals surface area contributed by atoms with E-state index in [1.807, 2.05) is 41.9 Å². The summed E-state index contributed by atoms with van der Waals surface area (Å²) in [5.74, 6) is 0.391. The van der Waals surface area contributed by atoms with Crippen molar-refractivity contribution >= 4 is 73.4 Å². The van der Waals surface area contributed by atoms with E-state index in [0.29, 0.717) is 32.8 Å². The van der Waals surface area contributed by atoms with Gasteiger partial charge >= 0.3 is 0 Å². The number of nitrogens with one attached hydrogen (secondary N) is 2. The van der Waals surface area contributed by atoms with E-state index < -0.39 is 0 Å². The number of aromatic nitrogens is 2. The second-order valence-corrected chi connectivity index (χ2v) is 8.17. The number of aryl methyl sites for hydroxylation is 1. The molecular weight excluding hydrogens is 475 g/mol. The van der Waals surface area contributed by atoms with Crippen molar-refractivity contribution in [1.29, 1.82) is 0 Å². The van der Waals surface area contributed by atoms with Crippen LogP contribution >= 0.6 is 39.1 Å². The maximum atomic E-state index is 12.6. The van der Waals surface area contributed by atoms with Gasteiger partial charge in [0.15, 0.2) is 0 Å². The summed E-state index contributed by atoms with van der Waals surface area (Å²) in [5, 5.41) is 7.19. The van der Waals surface area contributed by atoms with E-state index in [0.717, 1.165) is 15.7 Å². The van der Waals surface area contributed by atoms with Gasteiger partial charge < -0.3 is 15.2 Å². The molecular formula is C21H15BrCl2N4O. The van der Waals surface area contributed by atoms with Crippen LogP contribution in [0.1, 0.15) is 10.4 Å². The molecule has 1 heterocycles. The van der Waals surface area contributed by atoms with Gasteiger partial charge in [0.05, 0.1) is 21.7 Å². The number of benzene rings is 3. The van der Waals surface area contributed by atoms with Crippen LogP contribution in [-0.2, 0) is 7.05 Å². The third kappa shape index (κ3) is 4.24. The molecule has 146 valence electrons. The molecule has 3 aromatic carbocycles. The minimum atomic E-state index is -0.202. The second kappa shape index (κ2) is 8.06. The Balaban J connectivity index is 1.62. The number of hydrogen-bond donors (Lipinski definition) is 2. The van der Waals surface area contributed by atoms with E-state index in [9.17, 15) is 4.79 Å². The van der Waals surface area contributed by atoms with E-state index in [1.54, 1.807) is 30.3 Å². The molecule has 0 bridgehead atoms. The van der Waals surface area contributed by atoms with Crippen LogP contribution in [0.15, 0.2) is 65.1 Å². The maximum absolute atomic E-state index is 12.6. The number of halogens is 3. The number of carbonyl (C=O) groups is 1. The topological polar surface area (TPSA) is 59.0 Å². The van der Waals surface area contributed by atoms with Crippen LogP contribution in [0.4, 0.5) is 17.3 Å². The summed E-state index contributed by atoms with van der Waals surface area (Å²) in [7, 11) is 1.89. The molecule has 4 aromatic rings. The number of fused-ring (bicyclic) bond motifs is 1. The van der Waals surface area contributed by atoms with Gasteiger partial charge in [0.1, 0.15) is 0 Å². The molecule has 0 fully saturated rings. The molecule has 8 heteroatoms. The summed E-state index contributed by atoms with van der Waals surface area (Å²) < 4.78 is 2.84. The van der Waals surface area contributed by atoms with Crippen molar-refractivity contribution < 1.29 is 4.79 Å². The fraction of sp³-hybridized carbons (Fsp3) is 0.0476. The zero-order valence-corrected chi connectivity index (χ0v) is 18.3. The van der Waals surface area contributed by atoms with Crippen molar-refractivity contribution in [3.05, 3.63) is 80.7 Å². The number of carbonyl (C=O) groups excluding carboxylic acids is 1. The molecule has 29 heavy (non-hydrogen) atoms. The molecule has 4 rings (SSSR count). The Labute approximate surface area is 185 Å². The average Bonchev–Trinajstić information content (AvgIpc) is 3.01. The molecule has 0 aliphatic rings. The number of amides is 1. The summed E-state index contributed by atoms with van der Waals surface area (Å²) in [6.45, 7) is 0. The highest BCUT2D eigenvalue weighted by atomic mass is 79.9. The molecule has 0 unspecified atom stereocenters. The van der Waals surface area contributed by atoms with E-state index in [1.165, 1.54) is 0 Å². The first kappa shape index (κ1) is 19.8. The molecule has 0 spiro atoms. The van der Waals surface area contributed by atoms with Crippen LogP contribution in [0, 0.1) is 0 Å². The lowest BCUT2D eigenvalue weighted by atomic mass is 10.2. The van der Waals surface area contributed by atoms with Gasteiger partial charge in [-0.05, 0) is 60.7 Å². The SMILES string of the molecule is Cn1c(Nc2cc(Cl)ccc2Cl)nc2cc(C(=O)Nc3ccc(Br)cc3)ccc21. The van der Waals surface area contributed by atoms with Crippen LogP contribution in [0.5, 0.6) is 0 Å². The highest BCUT2D eigenvalue weighted by molar-refractivity contribution is 9.10. The molecule has 5 nitrogen and oxygen atoms in total. The number of anilines is 3. The maximum Gasteiger partial charge on any atom is 0.255 e. The normalized spacial score (nSPS) is 10.9. The molecule has 0 saturated heterocycles. The zero-order valence-electron chi connectivity index (χ0n) is 15.2. The molecule has 0 saturated carbocycles. The average molecular weight is 490 g/mol. The van der Waals surface area contributed by atoms with E-state index >= 15 is 0 Å². The summed E-state index contributed by atoms with van der Waals surface area (Å²) in [6.07, 6.45) is 0. The fourth-order valence-electron chi connectivity index (χ4n) is 2.90. The fourth-order valence-corrected chi connectivity index (χ4v) is 3.50. The van der Waals surface area contributed by atoms with Gasteiger partial charge in [-0.15, -0.1) is 0 Å². The Morgan fingerprint density at radius 2 is 1.79 bits per heavy atom. The zero-order chi connectivity index (χ0) is 20.5. The quantitative estimate of drug-likeness (QED) is 0.337. The number of imidazole rings is 1.